The highest BCUT2D eigenvalue weighted by Crippen LogP contribution is 2.28. The Morgan fingerprint density at radius 3 is 2.75 bits per heavy atom. The molecule has 0 saturated heterocycles. The number of pyridine rings is 1. The number of nitrogens with zero attached hydrogens (tertiary/aromatic N) is 2. The molecule has 3 aromatic rings. The molecule has 0 atom stereocenters. The van der Waals surface area contributed by atoms with E-state index in [0.717, 1.165) is 6.07 Å². The van der Waals surface area contributed by atoms with E-state index in [0.29, 0.717) is 22.2 Å². The number of nitrogens with one attached hydrogen (secondary N) is 1. The second-order valence-electron chi connectivity index (χ2n) is 4.05. The van der Waals surface area contributed by atoms with Crippen LogP contribution in [0.15, 0.2) is 36.7 Å². The molecule has 0 radical (unpaired) electrons. The van der Waals surface area contributed by atoms with Gasteiger partial charge in [-0.15, -0.1) is 0 Å². The highest BCUT2D eigenvalue weighted by Gasteiger charge is 2.12. The zero-order chi connectivity index (χ0) is 14.1. The van der Waals surface area contributed by atoms with Crippen LogP contribution in [0, 0.1) is 5.82 Å². The van der Waals surface area contributed by atoms with Crippen LogP contribution in [0.4, 0.5) is 13.2 Å². The second-order valence-corrected chi connectivity index (χ2v) is 4.05. The lowest BCUT2D eigenvalue weighted by Crippen LogP contribution is -2.03. The fourth-order valence-corrected chi connectivity index (χ4v) is 1.86. The number of rotatable bonds is 3. The lowest BCUT2D eigenvalue weighted by Gasteiger charge is -2.08. The maximum Gasteiger partial charge on any atom is 0.387 e. The van der Waals surface area contributed by atoms with Gasteiger partial charge >= 0.3 is 6.61 Å². The van der Waals surface area contributed by atoms with Gasteiger partial charge in [0.1, 0.15) is 5.52 Å². The summed E-state index contributed by atoms with van der Waals surface area (Å²) in [5.74, 6) is -1.34. The number of aromatic nitrogens is 3. The zero-order valence-electron chi connectivity index (χ0n) is 9.98. The van der Waals surface area contributed by atoms with Gasteiger partial charge in [-0.05, 0) is 23.8 Å². The summed E-state index contributed by atoms with van der Waals surface area (Å²) in [5, 5.41) is 6.59. The Morgan fingerprint density at radius 2 is 1.95 bits per heavy atom. The maximum atomic E-state index is 13.4. The van der Waals surface area contributed by atoms with Gasteiger partial charge in [-0.3, -0.25) is 10.1 Å². The normalized spacial score (nSPS) is 11.2. The smallest absolute Gasteiger partial charge is 0.387 e. The van der Waals surface area contributed by atoms with Crippen molar-refractivity contribution >= 4 is 11.0 Å². The molecule has 0 aliphatic heterocycles. The molecule has 102 valence electrons. The van der Waals surface area contributed by atoms with Crippen molar-refractivity contribution in [3.05, 3.63) is 42.5 Å². The van der Waals surface area contributed by atoms with Crippen LogP contribution in [0.25, 0.3) is 22.2 Å². The van der Waals surface area contributed by atoms with Crippen molar-refractivity contribution < 1.29 is 17.9 Å². The average Bonchev–Trinajstić information content (AvgIpc) is 2.88. The summed E-state index contributed by atoms with van der Waals surface area (Å²) in [6, 6.07) is 5.49. The molecule has 1 N–H and O–H groups in total. The van der Waals surface area contributed by atoms with E-state index in [-0.39, 0.29) is 0 Å². The van der Waals surface area contributed by atoms with Crippen molar-refractivity contribution in [2.45, 2.75) is 6.61 Å². The molecule has 4 nitrogen and oxygen atoms in total. The molecule has 3 rings (SSSR count). The predicted molar refractivity (Wildman–Crippen MR) is 65.9 cm³/mol. The molecule has 2 heterocycles. The first-order chi connectivity index (χ1) is 9.63. The van der Waals surface area contributed by atoms with Crippen molar-refractivity contribution in [1.82, 2.24) is 15.2 Å². The first-order valence-electron chi connectivity index (χ1n) is 5.67. The fraction of sp³-hybridized carbons (Fsp3) is 0.0769. The van der Waals surface area contributed by atoms with E-state index < -0.39 is 18.2 Å². The SMILES string of the molecule is Fc1ccc(-c2cnc3cn[nH]c3c2)cc1OC(F)F. The van der Waals surface area contributed by atoms with E-state index in [2.05, 4.69) is 19.9 Å². The number of fused-ring (bicyclic) bond motifs is 1. The summed E-state index contributed by atoms with van der Waals surface area (Å²) >= 11 is 0. The van der Waals surface area contributed by atoms with Gasteiger partial charge in [-0.1, -0.05) is 6.07 Å². The first-order valence-corrected chi connectivity index (χ1v) is 5.67. The monoisotopic (exact) mass is 279 g/mol. The largest absolute Gasteiger partial charge is 0.432 e. The van der Waals surface area contributed by atoms with Crippen molar-refractivity contribution in [2.24, 2.45) is 0 Å². The molecule has 2 aromatic heterocycles. The topological polar surface area (TPSA) is 50.8 Å². The number of alkyl halides is 2. The van der Waals surface area contributed by atoms with Gasteiger partial charge in [-0.25, -0.2) is 4.39 Å². The third-order valence-corrected chi connectivity index (χ3v) is 2.77. The van der Waals surface area contributed by atoms with Gasteiger partial charge in [0, 0.05) is 11.8 Å². The molecular formula is C13H8F3N3O. The average molecular weight is 279 g/mol. The molecule has 0 saturated carbocycles. The van der Waals surface area contributed by atoms with Gasteiger partial charge in [0.05, 0.1) is 11.7 Å². The molecule has 0 fully saturated rings. The molecule has 1 aromatic carbocycles. The lowest BCUT2D eigenvalue weighted by atomic mass is 10.1. The number of hydrogen-bond acceptors (Lipinski definition) is 3. The molecule has 0 bridgehead atoms. The van der Waals surface area contributed by atoms with Crippen LogP contribution < -0.4 is 4.74 Å². The molecule has 7 heteroatoms. The van der Waals surface area contributed by atoms with Crippen molar-refractivity contribution in [1.29, 1.82) is 0 Å². The second kappa shape index (κ2) is 4.84. The van der Waals surface area contributed by atoms with Crippen molar-refractivity contribution in [3.8, 4) is 16.9 Å². The minimum atomic E-state index is -3.08. The summed E-state index contributed by atoms with van der Waals surface area (Å²) < 4.78 is 41.9. The fourth-order valence-electron chi connectivity index (χ4n) is 1.86. The Bertz CT molecular complexity index is 757. The number of ether oxygens (including phenoxy) is 1. The van der Waals surface area contributed by atoms with Gasteiger partial charge < -0.3 is 4.74 Å². The van der Waals surface area contributed by atoms with E-state index in [9.17, 15) is 13.2 Å². The van der Waals surface area contributed by atoms with Gasteiger partial charge in [-0.2, -0.15) is 13.9 Å². The van der Waals surface area contributed by atoms with E-state index in [1.165, 1.54) is 12.1 Å². The van der Waals surface area contributed by atoms with Crippen molar-refractivity contribution in [3.63, 3.8) is 0 Å². The number of H-pyrrole nitrogens is 1. The highest BCUT2D eigenvalue weighted by molar-refractivity contribution is 5.79. The zero-order valence-corrected chi connectivity index (χ0v) is 9.98. The molecule has 0 spiro atoms. The van der Waals surface area contributed by atoms with Crippen LogP contribution in [0.5, 0.6) is 5.75 Å². The van der Waals surface area contributed by atoms with E-state index >= 15 is 0 Å². The minimum Gasteiger partial charge on any atom is -0.432 e. The van der Waals surface area contributed by atoms with Crippen LogP contribution in [-0.2, 0) is 0 Å². The third-order valence-electron chi connectivity index (χ3n) is 2.77. The quantitative estimate of drug-likeness (QED) is 0.799. The van der Waals surface area contributed by atoms with E-state index in [4.69, 9.17) is 0 Å². The minimum absolute atomic E-state index is 0.498. The van der Waals surface area contributed by atoms with Crippen LogP contribution >= 0.6 is 0 Å². The molecule has 0 aliphatic carbocycles. The number of hydrogen-bond donors (Lipinski definition) is 1. The number of aromatic amines is 1. The number of benzene rings is 1. The van der Waals surface area contributed by atoms with Crippen LogP contribution in [0.2, 0.25) is 0 Å². The molecular weight excluding hydrogens is 271 g/mol. The van der Waals surface area contributed by atoms with Crippen LogP contribution in [0.3, 0.4) is 0 Å². The molecule has 0 unspecified atom stereocenters. The summed E-state index contributed by atoms with van der Waals surface area (Å²) in [5.41, 5.74) is 2.54. The summed E-state index contributed by atoms with van der Waals surface area (Å²) in [4.78, 5) is 4.15. The van der Waals surface area contributed by atoms with Gasteiger partial charge in [0.15, 0.2) is 11.6 Å². The summed E-state index contributed by atoms with van der Waals surface area (Å²) in [6.07, 6.45) is 3.12. The highest BCUT2D eigenvalue weighted by atomic mass is 19.3. The Balaban J connectivity index is 2.04. The Hall–Kier alpha value is -2.57. The maximum absolute atomic E-state index is 13.4. The third kappa shape index (κ3) is 2.29. The predicted octanol–water partition coefficient (Wildman–Crippen LogP) is 3.37. The van der Waals surface area contributed by atoms with E-state index in [1.54, 1.807) is 18.5 Å². The Kier molecular flexibility index (Phi) is 3.02. The van der Waals surface area contributed by atoms with Gasteiger partial charge in [0.2, 0.25) is 0 Å². The van der Waals surface area contributed by atoms with Gasteiger partial charge in [0.25, 0.3) is 0 Å². The standard InChI is InChI=1S/C13H8F3N3O/c14-9-2-1-7(4-12(9)20-13(15)16)8-3-10-11(17-5-8)6-18-19-10/h1-6,13H,(H,18,19). The van der Waals surface area contributed by atoms with Crippen LogP contribution in [-0.4, -0.2) is 21.8 Å². The first kappa shape index (κ1) is 12.5. The summed E-state index contributed by atoms with van der Waals surface area (Å²) in [7, 11) is 0. The Labute approximate surface area is 111 Å². The van der Waals surface area contributed by atoms with E-state index in [1.807, 2.05) is 0 Å². The molecule has 0 aliphatic rings. The Morgan fingerprint density at radius 1 is 1.10 bits per heavy atom. The van der Waals surface area contributed by atoms with Crippen molar-refractivity contribution in [2.75, 3.05) is 0 Å². The molecule has 0 amide bonds. The lowest BCUT2D eigenvalue weighted by molar-refractivity contribution is -0.0521. The number of halogens is 3. The van der Waals surface area contributed by atoms with Crippen LogP contribution in [0.1, 0.15) is 0 Å². The summed E-state index contributed by atoms with van der Waals surface area (Å²) in [6.45, 7) is -3.08. The molecule has 20 heavy (non-hydrogen) atoms.